The van der Waals surface area contributed by atoms with Gasteiger partial charge >= 0.3 is 0 Å². The summed E-state index contributed by atoms with van der Waals surface area (Å²) in [5.74, 6) is 0. The highest BCUT2D eigenvalue weighted by atomic mass is 16.5. The maximum atomic E-state index is 5.95. The molecule has 2 heterocycles. The van der Waals surface area contributed by atoms with E-state index in [-0.39, 0.29) is 12.3 Å². The van der Waals surface area contributed by atoms with Crippen molar-refractivity contribution in [3.63, 3.8) is 0 Å². The van der Waals surface area contributed by atoms with Crippen molar-refractivity contribution in [1.82, 2.24) is 4.90 Å². The van der Waals surface area contributed by atoms with Crippen molar-refractivity contribution in [2.24, 2.45) is 0 Å². The molecule has 2 aromatic rings. The molecule has 2 atom stereocenters. The second kappa shape index (κ2) is 5.43. The van der Waals surface area contributed by atoms with Crippen LogP contribution in [0.15, 0.2) is 66.0 Å². The number of ether oxygens (including phenoxy) is 1. The summed E-state index contributed by atoms with van der Waals surface area (Å²) in [7, 11) is 0. The van der Waals surface area contributed by atoms with Gasteiger partial charge in [0.25, 0.3) is 0 Å². The van der Waals surface area contributed by atoms with Crippen LogP contribution in [0.2, 0.25) is 0 Å². The Morgan fingerprint density at radius 1 is 1.21 bits per heavy atom. The maximum Gasteiger partial charge on any atom is 0.140 e. The minimum absolute atomic E-state index is 0.0537. The second-order valence-corrected chi connectivity index (χ2v) is 4.65. The van der Waals surface area contributed by atoms with E-state index in [0.29, 0.717) is 6.61 Å². The number of furan rings is 1. The number of benzene rings is 1. The van der Waals surface area contributed by atoms with Gasteiger partial charge in [0.1, 0.15) is 6.23 Å². The summed E-state index contributed by atoms with van der Waals surface area (Å²) in [6, 6.07) is 12.7. The highest BCUT2D eigenvalue weighted by molar-refractivity contribution is 5.22. The fourth-order valence-corrected chi connectivity index (χ4v) is 2.58. The summed E-state index contributed by atoms with van der Waals surface area (Å²) in [6.45, 7) is 5.32. The lowest BCUT2D eigenvalue weighted by molar-refractivity contribution is 0.0350. The number of nitrogens with zero attached hydrogens (tertiary/aromatic N) is 1. The molecular weight excluding hydrogens is 238 g/mol. The Morgan fingerprint density at radius 2 is 2.05 bits per heavy atom. The Labute approximate surface area is 113 Å². The molecule has 0 spiro atoms. The lowest BCUT2D eigenvalue weighted by Gasteiger charge is -2.26. The first-order valence-electron chi connectivity index (χ1n) is 6.45. The highest BCUT2D eigenvalue weighted by Crippen LogP contribution is 2.38. The second-order valence-electron chi connectivity index (χ2n) is 4.65. The maximum absolute atomic E-state index is 5.95. The molecule has 0 aliphatic carbocycles. The molecule has 3 rings (SSSR count). The van der Waals surface area contributed by atoms with Crippen LogP contribution in [-0.4, -0.2) is 18.1 Å². The van der Waals surface area contributed by atoms with Gasteiger partial charge in [-0.1, -0.05) is 36.4 Å². The normalized spacial score (nSPS) is 23.6. The van der Waals surface area contributed by atoms with Gasteiger partial charge in [0.2, 0.25) is 0 Å². The van der Waals surface area contributed by atoms with E-state index in [2.05, 4.69) is 35.7 Å². The van der Waals surface area contributed by atoms with Gasteiger partial charge in [-0.05, 0) is 11.6 Å². The van der Waals surface area contributed by atoms with E-state index < -0.39 is 0 Å². The molecule has 1 aromatic heterocycles. The zero-order chi connectivity index (χ0) is 13.1. The molecule has 1 aliphatic heterocycles. The fourth-order valence-electron chi connectivity index (χ4n) is 2.58. The molecule has 19 heavy (non-hydrogen) atoms. The third-order valence-electron chi connectivity index (χ3n) is 3.47. The van der Waals surface area contributed by atoms with Crippen molar-refractivity contribution in [2.75, 3.05) is 13.2 Å². The predicted molar refractivity (Wildman–Crippen MR) is 73.5 cm³/mol. The Bertz CT molecular complexity index is 521. The molecule has 0 bridgehead atoms. The zero-order valence-corrected chi connectivity index (χ0v) is 10.7. The van der Waals surface area contributed by atoms with E-state index in [1.54, 1.807) is 12.5 Å². The molecule has 0 amide bonds. The lowest BCUT2D eigenvalue weighted by Crippen LogP contribution is -2.27. The molecule has 1 saturated heterocycles. The molecule has 3 nitrogen and oxygen atoms in total. The average Bonchev–Trinajstić information content (AvgIpc) is 3.09. The van der Waals surface area contributed by atoms with Crippen molar-refractivity contribution < 1.29 is 9.15 Å². The largest absolute Gasteiger partial charge is 0.472 e. The van der Waals surface area contributed by atoms with Crippen LogP contribution in [-0.2, 0) is 4.74 Å². The molecule has 0 radical (unpaired) electrons. The average molecular weight is 255 g/mol. The predicted octanol–water partition coefficient (Wildman–Crippen LogP) is 3.54. The third-order valence-corrected chi connectivity index (χ3v) is 3.47. The van der Waals surface area contributed by atoms with Crippen LogP contribution in [0.1, 0.15) is 23.4 Å². The van der Waals surface area contributed by atoms with E-state index in [0.717, 1.165) is 12.1 Å². The summed E-state index contributed by atoms with van der Waals surface area (Å²) in [5.41, 5.74) is 2.33. The van der Waals surface area contributed by atoms with Crippen LogP contribution < -0.4 is 0 Å². The monoisotopic (exact) mass is 255 g/mol. The van der Waals surface area contributed by atoms with E-state index in [1.165, 1.54) is 5.56 Å². The number of rotatable bonds is 4. The summed E-state index contributed by atoms with van der Waals surface area (Å²) in [4.78, 5) is 2.30. The van der Waals surface area contributed by atoms with Crippen molar-refractivity contribution in [3.05, 3.63) is 72.7 Å². The van der Waals surface area contributed by atoms with Gasteiger partial charge in [-0.15, -0.1) is 6.58 Å². The molecular formula is C16H17NO2. The quantitative estimate of drug-likeness (QED) is 0.781. The van der Waals surface area contributed by atoms with E-state index >= 15 is 0 Å². The van der Waals surface area contributed by atoms with Crippen molar-refractivity contribution in [2.45, 2.75) is 12.3 Å². The standard InChI is InChI=1S/C16H17NO2/c1-2-9-17-15(13-6-4-3-5-7-13)12-19-16(17)14-8-10-18-11-14/h2-8,10-11,15-16H,1,9,12H2/t15-,16+/m0/s1. The van der Waals surface area contributed by atoms with Gasteiger partial charge in [0.15, 0.2) is 0 Å². The van der Waals surface area contributed by atoms with E-state index in [1.807, 2.05) is 18.2 Å². The van der Waals surface area contributed by atoms with E-state index in [9.17, 15) is 0 Å². The van der Waals surface area contributed by atoms with Gasteiger partial charge < -0.3 is 9.15 Å². The topological polar surface area (TPSA) is 25.6 Å². The Kier molecular flexibility index (Phi) is 3.49. The molecule has 98 valence electrons. The van der Waals surface area contributed by atoms with Crippen LogP contribution in [0.3, 0.4) is 0 Å². The Morgan fingerprint density at radius 3 is 2.74 bits per heavy atom. The molecule has 1 aromatic carbocycles. The van der Waals surface area contributed by atoms with Crippen LogP contribution in [0.25, 0.3) is 0 Å². The zero-order valence-electron chi connectivity index (χ0n) is 10.7. The molecule has 0 saturated carbocycles. The number of hydrogen-bond donors (Lipinski definition) is 0. The van der Waals surface area contributed by atoms with Crippen molar-refractivity contribution in [3.8, 4) is 0 Å². The lowest BCUT2D eigenvalue weighted by atomic mass is 10.1. The minimum atomic E-state index is -0.0537. The summed E-state index contributed by atoms with van der Waals surface area (Å²) < 4.78 is 11.1. The summed E-state index contributed by atoms with van der Waals surface area (Å²) in [5, 5.41) is 0. The van der Waals surface area contributed by atoms with Gasteiger partial charge in [-0.3, -0.25) is 4.90 Å². The summed E-state index contributed by atoms with van der Waals surface area (Å²) >= 11 is 0. The third kappa shape index (κ3) is 2.35. The van der Waals surface area contributed by atoms with Gasteiger partial charge in [0.05, 0.1) is 25.2 Å². The smallest absolute Gasteiger partial charge is 0.140 e. The van der Waals surface area contributed by atoms with Crippen LogP contribution in [0.4, 0.5) is 0 Å². The molecule has 0 unspecified atom stereocenters. The molecule has 1 fully saturated rings. The molecule has 3 heteroatoms. The fraction of sp³-hybridized carbons (Fsp3) is 0.250. The van der Waals surface area contributed by atoms with Crippen molar-refractivity contribution >= 4 is 0 Å². The summed E-state index contributed by atoms with van der Waals surface area (Å²) in [6.07, 6.45) is 5.29. The van der Waals surface area contributed by atoms with Gasteiger partial charge in [-0.25, -0.2) is 0 Å². The Balaban J connectivity index is 1.88. The van der Waals surface area contributed by atoms with Crippen LogP contribution in [0, 0.1) is 0 Å². The van der Waals surface area contributed by atoms with Crippen LogP contribution >= 0.6 is 0 Å². The van der Waals surface area contributed by atoms with Gasteiger partial charge in [-0.2, -0.15) is 0 Å². The first-order chi connectivity index (χ1) is 9.40. The number of hydrogen-bond acceptors (Lipinski definition) is 3. The Hall–Kier alpha value is -1.84. The van der Waals surface area contributed by atoms with E-state index in [4.69, 9.17) is 9.15 Å². The first kappa shape index (κ1) is 12.2. The van der Waals surface area contributed by atoms with Gasteiger partial charge in [0, 0.05) is 12.1 Å². The molecule has 1 aliphatic rings. The van der Waals surface area contributed by atoms with Crippen molar-refractivity contribution in [1.29, 1.82) is 0 Å². The highest BCUT2D eigenvalue weighted by Gasteiger charge is 2.35. The van der Waals surface area contributed by atoms with Crippen LogP contribution in [0.5, 0.6) is 0 Å². The minimum Gasteiger partial charge on any atom is -0.472 e. The first-order valence-corrected chi connectivity index (χ1v) is 6.45. The SMILES string of the molecule is C=CCN1[C@@H](c2ccoc2)OC[C@H]1c1ccccc1. The molecule has 0 N–H and O–H groups in total.